The monoisotopic (exact) mass is 1290 g/mol. The van der Waals surface area contributed by atoms with E-state index < -0.39 is 0 Å². The molecule has 0 amide bonds. The van der Waals surface area contributed by atoms with Crippen molar-refractivity contribution in [3.05, 3.63) is 407 Å². The highest BCUT2D eigenvalue weighted by atomic mass is 15.5. The third-order valence-corrected chi connectivity index (χ3v) is 14.2. The Labute approximate surface area is 575 Å². The fourth-order valence-corrected chi connectivity index (χ4v) is 9.30. The van der Waals surface area contributed by atoms with Gasteiger partial charge in [-0.1, -0.05) is 352 Å². The zero-order valence-corrected chi connectivity index (χ0v) is 55.0. The molecule has 14 rings (SSSR count). The summed E-state index contributed by atoms with van der Waals surface area (Å²) in [6.45, 7) is 30.0. The molecule has 0 unspecified atom stereocenters. The van der Waals surface area contributed by atoms with Gasteiger partial charge in [0.1, 0.15) is 22.8 Å². The highest BCUT2D eigenvalue weighted by Gasteiger charge is 2.17. The van der Waals surface area contributed by atoms with Crippen LogP contribution in [0.15, 0.2) is 307 Å². The minimum absolute atomic E-state index is 0.442. The van der Waals surface area contributed by atoms with E-state index in [0.717, 1.165) is 51.1 Å². The van der Waals surface area contributed by atoms with E-state index in [1.54, 1.807) is 48.6 Å². The lowest BCUT2D eigenvalue weighted by Gasteiger charge is -2.07. The topological polar surface area (TPSA) is 172 Å². The molecule has 4 heterocycles. The average molecular weight is 1290 g/mol. The lowest BCUT2D eigenvalue weighted by atomic mass is 9.99. The van der Waals surface area contributed by atoms with E-state index in [1.807, 2.05) is 170 Å². The van der Waals surface area contributed by atoms with Crippen LogP contribution in [0, 0.1) is 0 Å². The number of azide groups is 1. The molecule has 0 aliphatic heterocycles. The maximum atomic E-state index is 7.99. The summed E-state index contributed by atoms with van der Waals surface area (Å²) in [5, 5.41) is 38.1. The lowest BCUT2D eigenvalue weighted by molar-refractivity contribution is 0.643. The van der Waals surface area contributed by atoms with Gasteiger partial charge in [0.05, 0.1) is 55.5 Å². The number of hydrogen-bond donors (Lipinski definition) is 0. The molecule has 0 bridgehead atoms. The fourth-order valence-electron chi connectivity index (χ4n) is 9.30. The molecule has 0 atom stereocenters. The quantitative estimate of drug-likeness (QED) is 0.0448. The first-order chi connectivity index (χ1) is 48.3. The van der Waals surface area contributed by atoms with Crippen molar-refractivity contribution in [3.8, 4) is 0 Å². The number of hydrogen-bond acceptors (Lipinski definition) is 9. The van der Waals surface area contributed by atoms with Crippen LogP contribution in [0.5, 0.6) is 0 Å². The number of nitrogens with zero attached hydrogens (tertiary/aromatic N) is 15. The van der Waals surface area contributed by atoms with Crippen LogP contribution in [0.4, 0.5) is 0 Å². The second-order valence-corrected chi connectivity index (χ2v) is 21.0. The predicted octanol–water partition coefficient (Wildman–Crippen LogP) is 19.5. The number of aromatic nitrogens is 12. The third kappa shape index (κ3) is 23.1. The normalized spacial score (nSPS) is 11.7. The molecule has 486 valence electrons. The number of benzene rings is 7. The summed E-state index contributed by atoms with van der Waals surface area (Å²) in [7, 11) is 0. The van der Waals surface area contributed by atoms with Gasteiger partial charge < -0.3 is 0 Å². The zero-order valence-electron chi connectivity index (χ0n) is 55.0. The maximum Gasteiger partial charge on any atom is 0.113 e. The number of fused-ring (bicyclic) bond motifs is 6. The molecule has 0 saturated heterocycles. The molecule has 0 fully saturated rings. The summed E-state index contributed by atoms with van der Waals surface area (Å²) in [4.78, 5) is 2.66. The van der Waals surface area contributed by atoms with Crippen LogP contribution in [0.1, 0.15) is 95.6 Å². The molecule has 3 aliphatic rings. The highest BCUT2D eigenvalue weighted by molar-refractivity contribution is 5.86. The van der Waals surface area contributed by atoms with Gasteiger partial charge >= 0.3 is 0 Å². The first kappa shape index (κ1) is 72.2. The van der Waals surface area contributed by atoms with Crippen LogP contribution in [0.2, 0.25) is 0 Å². The van der Waals surface area contributed by atoms with Crippen molar-refractivity contribution in [1.82, 2.24) is 60.0 Å². The Morgan fingerprint density at radius 2 is 0.480 bits per heavy atom. The van der Waals surface area contributed by atoms with Gasteiger partial charge in [-0.05, 0) is 104 Å². The highest BCUT2D eigenvalue weighted by Crippen LogP contribution is 2.25. The second kappa shape index (κ2) is 41.4. The fraction of sp³-hybridized carbons (Fsp3) is 0.0602. The van der Waals surface area contributed by atoms with Gasteiger partial charge in [-0.25, -0.2) is 18.7 Å². The summed E-state index contributed by atoms with van der Waals surface area (Å²) in [5.74, 6) is 0. The summed E-state index contributed by atoms with van der Waals surface area (Å²) in [6.07, 6.45) is 37.8. The first-order valence-electron chi connectivity index (χ1n) is 31.4. The smallest absolute Gasteiger partial charge is 0.113 e. The van der Waals surface area contributed by atoms with Crippen LogP contribution in [-0.4, -0.2) is 60.0 Å². The van der Waals surface area contributed by atoms with Crippen molar-refractivity contribution in [1.29, 1.82) is 0 Å². The second-order valence-electron chi connectivity index (χ2n) is 21.0. The van der Waals surface area contributed by atoms with Gasteiger partial charge in [0.15, 0.2) is 0 Å². The van der Waals surface area contributed by atoms with Gasteiger partial charge in [-0.3, -0.25) is 0 Å². The molecule has 0 radical (unpaired) electrons. The number of allylic oxidation sites excluding steroid dienone is 8. The lowest BCUT2D eigenvalue weighted by Crippen LogP contribution is -2.06. The summed E-state index contributed by atoms with van der Waals surface area (Å²) in [5.41, 5.74) is 26.1. The van der Waals surface area contributed by atoms with Crippen molar-refractivity contribution < 1.29 is 0 Å². The molecule has 15 heteroatoms. The Kier molecular flexibility index (Phi) is 30.5. The first-order valence-corrected chi connectivity index (χ1v) is 31.4. The minimum Gasteiger partial charge on any atom is -0.240 e. The van der Waals surface area contributed by atoms with Crippen LogP contribution in [0.3, 0.4) is 0 Å². The van der Waals surface area contributed by atoms with Crippen LogP contribution >= 0.6 is 0 Å². The third-order valence-electron chi connectivity index (χ3n) is 14.2. The van der Waals surface area contributed by atoms with Crippen LogP contribution < -0.4 is 0 Å². The summed E-state index contributed by atoms with van der Waals surface area (Å²) >= 11 is 0. The molecular weight excluding hydrogens is 1210 g/mol. The van der Waals surface area contributed by atoms with Crippen molar-refractivity contribution in [2.45, 2.75) is 32.7 Å². The van der Waals surface area contributed by atoms with E-state index in [4.69, 9.17) is 5.53 Å². The van der Waals surface area contributed by atoms with Crippen molar-refractivity contribution >= 4 is 72.9 Å². The van der Waals surface area contributed by atoms with Crippen LogP contribution in [0.25, 0.3) is 83.4 Å². The minimum atomic E-state index is 0.442. The maximum absolute atomic E-state index is 7.99. The van der Waals surface area contributed by atoms with Crippen LogP contribution in [-0.2, 0) is 32.7 Å². The standard InChI is InChI=1S/2C22H18N6.C16H12.C7H7N3.4C4H6/c1-3-7-17(8-4-1)15-27-21-13-11-20-22(14-12-19(21)23-25-27)28(26-24-20)16-18-9-5-2-6-10-18;1-3-7-17(8-4-1)15-27-21-13-14-22-20(12-11-19(21)23-25-27)24-26-28(22)16-18-9-5-2-6-10-18;1-2-6-14-11-12-16-8-4-3-7-15(16)10-9-13(14)5-1;8-10-9-6-7-4-2-1-3-5-7;4*1-3-4-2/h2*1-14H,15-16H2;1-12H;1-5H,6H2;4*3-4H,1-2H2/b13-11-,14-12?,19-12?,20-11?,21-13?,22-14?;12-11?,14-13-,19-11?,20-12?,21-13?,22-14?;10-9-,12-11?,13-9?,14-11?,15-10?,16-12?;;;;;. The molecule has 4 aromatic heterocycles. The Hall–Kier alpha value is -13.2. The average Bonchev–Trinajstić information content (AvgIpc) is 1.73. The van der Waals surface area contributed by atoms with E-state index in [9.17, 15) is 0 Å². The molecule has 98 heavy (non-hydrogen) atoms. The van der Waals surface area contributed by atoms with Crippen molar-refractivity contribution in [3.63, 3.8) is 0 Å². The largest absolute Gasteiger partial charge is 0.240 e. The Morgan fingerprint density at radius 1 is 0.276 bits per heavy atom. The van der Waals surface area contributed by atoms with Gasteiger partial charge in [-0.2, -0.15) is 0 Å². The van der Waals surface area contributed by atoms with E-state index in [2.05, 4.69) is 225 Å². The molecule has 7 aromatic carbocycles. The van der Waals surface area contributed by atoms with Crippen molar-refractivity contribution in [2.75, 3.05) is 0 Å². The predicted molar refractivity (Wildman–Crippen MR) is 410 cm³/mol. The van der Waals surface area contributed by atoms with Gasteiger partial charge in [0, 0.05) is 4.91 Å². The van der Waals surface area contributed by atoms with Gasteiger partial charge in [0.2, 0.25) is 0 Å². The SMILES string of the molecule is C1=Cc2c(nnn2Cc2ccccc2)/C=C\c2c1nnn2Cc1ccccc1.C1=Cc2ccccc2/C=C\c2ccccc21.C1=Cc2nnn(Cc3ccccc3)c2/C=C\c2c1nnn2Cc1ccccc1.C=CC=C.C=CC=C.C=CC=C.C=CC=C.[N-]=[N+]=NCc1ccccc1. The summed E-state index contributed by atoms with van der Waals surface area (Å²) in [6, 6.07) is 67.5. The molecule has 3 aliphatic carbocycles. The van der Waals surface area contributed by atoms with E-state index in [-0.39, 0.29) is 0 Å². The van der Waals surface area contributed by atoms with Crippen molar-refractivity contribution in [2.24, 2.45) is 5.11 Å². The molecule has 15 nitrogen and oxygen atoms in total. The number of rotatable bonds is 14. The molecule has 0 saturated carbocycles. The van der Waals surface area contributed by atoms with Gasteiger partial charge in [-0.15, -0.1) is 20.4 Å². The Balaban J connectivity index is 0.000000179. The van der Waals surface area contributed by atoms with E-state index in [1.165, 1.54) is 44.5 Å². The molecular formula is C83H79N15. The van der Waals surface area contributed by atoms with E-state index >= 15 is 0 Å². The molecule has 0 N–H and O–H groups in total. The molecule has 0 spiro atoms. The Morgan fingerprint density at radius 3 is 0.704 bits per heavy atom. The van der Waals surface area contributed by atoms with Gasteiger partial charge in [0.25, 0.3) is 0 Å². The summed E-state index contributed by atoms with van der Waals surface area (Å²) < 4.78 is 7.65. The Bertz CT molecular complexity index is 4210. The molecule has 11 aromatic rings. The zero-order chi connectivity index (χ0) is 69.2. The van der Waals surface area contributed by atoms with E-state index in [0.29, 0.717) is 32.7 Å².